The monoisotopic (exact) mass is 344 g/mol. The van der Waals surface area contributed by atoms with Crippen LogP contribution in [0.4, 0.5) is 0 Å². The average Bonchev–Trinajstić information content (AvgIpc) is 2.86. The van der Waals surface area contributed by atoms with Crippen molar-refractivity contribution in [2.45, 2.75) is 61.0 Å². The van der Waals surface area contributed by atoms with Gasteiger partial charge in [0.2, 0.25) is 0 Å². The van der Waals surface area contributed by atoms with Gasteiger partial charge >= 0.3 is 0 Å². The fourth-order valence-corrected chi connectivity index (χ4v) is 2.37. The predicted molar refractivity (Wildman–Crippen MR) is 70.9 cm³/mol. The van der Waals surface area contributed by atoms with Crippen LogP contribution >= 0.6 is 0 Å². The molecule has 0 radical (unpaired) electrons. The zero-order valence-electron chi connectivity index (χ0n) is 12.1. The minimum atomic E-state index is -2.11. The smallest absolute Gasteiger partial charge is 0.115 e. The van der Waals surface area contributed by atoms with Gasteiger partial charge in [-0.05, 0) is 0 Å². The van der Waals surface area contributed by atoms with E-state index in [0.29, 0.717) is 0 Å². The number of hydrogen-bond donors (Lipinski definition) is 10. The van der Waals surface area contributed by atoms with Crippen LogP contribution in [-0.4, -0.2) is 125 Å². The molecular weight excluding hydrogens is 320 g/mol. The second-order valence-electron chi connectivity index (χ2n) is 5.51. The van der Waals surface area contributed by atoms with Crippen molar-refractivity contribution in [2.75, 3.05) is 13.2 Å². The van der Waals surface area contributed by atoms with Crippen LogP contribution < -0.4 is 0 Å². The quantitative estimate of drug-likeness (QED) is 0.200. The van der Waals surface area contributed by atoms with E-state index in [4.69, 9.17) is 14.9 Å². The van der Waals surface area contributed by atoms with Crippen molar-refractivity contribution in [2.24, 2.45) is 0 Å². The summed E-state index contributed by atoms with van der Waals surface area (Å²) in [5.74, 6) is 0. The van der Waals surface area contributed by atoms with Crippen molar-refractivity contribution in [1.82, 2.24) is 0 Å². The van der Waals surface area contributed by atoms with Crippen LogP contribution in [0.3, 0.4) is 0 Å². The minimum absolute atomic E-state index is 0.788. The fraction of sp³-hybridized carbons (Fsp3) is 1.00. The molecule has 1 rings (SSSR count). The molecule has 2 unspecified atom stereocenters. The normalized spacial score (nSPS) is 36.3. The summed E-state index contributed by atoms with van der Waals surface area (Å²) in [4.78, 5) is 0. The summed E-state index contributed by atoms with van der Waals surface area (Å²) in [5.41, 5.74) is 0. The lowest BCUT2D eigenvalue weighted by Crippen LogP contribution is -2.54. The molecule has 0 amide bonds. The van der Waals surface area contributed by atoms with E-state index in [2.05, 4.69) is 0 Å². The number of rotatable bonds is 8. The lowest BCUT2D eigenvalue weighted by atomic mass is 9.93. The van der Waals surface area contributed by atoms with E-state index in [1.165, 1.54) is 0 Å². The van der Waals surface area contributed by atoms with Crippen molar-refractivity contribution in [1.29, 1.82) is 0 Å². The Morgan fingerprint density at radius 3 is 1.70 bits per heavy atom. The molecule has 1 saturated heterocycles. The summed E-state index contributed by atoms with van der Waals surface area (Å²) < 4.78 is 5.01. The molecular formula is C12H24O11. The third-order valence-corrected chi connectivity index (χ3v) is 3.87. The Hall–Kier alpha value is -0.440. The fourth-order valence-electron chi connectivity index (χ4n) is 2.37. The summed E-state index contributed by atoms with van der Waals surface area (Å²) in [6.07, 6.45) is -18.0. The van der Waals surface area contributed by atoms with Crippen LogP contribution in [0.2, 0.25) is 0 Å². The molecule has 1 aliphatic rings. The van der Waals surface area contributed by atoms with E-state index in [-0.39, 0.29) is 0 Å². The SMILES string of the molecule is OC[C@@H](O)[C@@H](O)[C@H](O)[C@H](O)C(O)C1O[C@H]([C@H](O)CO)[C@H](O)[C@H]1O. The van der Waals surface area contributed by atoms with Crippen LogP contribution in [0, 0.1) is 0 Å². The first-order valence-corrected chi connectivity index (χ1v) is 6.99. The second kappa shape index (κ2) is 8.60. The Morgan fingerprint density at radius 1 is 0.696 bits per heavy atom. The van der Waals surface area contributed by atoms with Gasteiger partial charge in [-0.3, -0.25) is 0 Å². The Morgan fingerprint density at radius 2 is 1.22 bits per heavy atom. The van der Waals surface area contributed by atoms with Crippen LogP contribution in [0.25, 0.3) is 0 Å². The summed E-state index contributed by atoms with van der Waals surface area (Å²) in [6, 6.07) is 0. The van der Waals surface area contributed by atoms with Gasteiger partial charge in [0.05, 0.1) is 13.2 Å². The Kier molecular flexibility index (Phi) is 7.70. The van der Waals surface area contributed by atoms with Gasteiger partial charge in [0.1, 0.15) is 61.0 Å². The Balaban J connectivity index is 2.78. The summed E-state index contributed by atoms with van der Waals surface area (Å²) >= 11 is 0. The van der Waals surface area contributed by atoms with Gasteiger partial charge < -0.3 is 55.8 Å². The Bertz CT molecular complexity index is 356. The number of ether oxygens (including phenoxy) is 1. The van der Waals surface area contributed by atoms with Gasteiger partial charge in [-0.2, -0.15) is 0 Å². The lowest BCUT2D eigenvalue weighted by molar-refractivity contribution is -0.176. The first-order valence-electron chi connectivity index (χ1n) is 6.99. The van der Waals surface area contributed by atoms with Gasteiger partial charge in [0, 0.05) is 0 Å². The minimum Gasteiger partial charge on any atom is -0.394 e. The highest BCUT2D eigenvalue weighted by molar-refractivity contribution is 5.00. The van der Waals surface area contributed by atoms with E-state index in [9.17, 15) is 40.9 Å². The van der Waals surface area contributed by atoms with Gasteiger partial charge in [-0.1, -0.05) is 0 Å². The molecule has 0 aromatic rings. The van der Waals surface area contributed by atoms with Gasteiger partial charge in [0.25, 0.3) is 0 Å². The van der Waals surface area contributed by atoms with Crippen molar-refractivity contribution in [3.05, 3.63) is 0 Å². The summed E-state index contributed by atoms with van der Waals surface area (Å²) in [6.45, 7) is -1.70. The Labute approximate surface area is 131 Å². The molecule has 0 aromatic carbocycles. The van der Waals surface area contributed by atoms with Crippen LogP contribution in [0.5, 0.6) is 0 Å². The third-order valence-electron chi connectivity index (χ3n) is 3.87. The first-order chi connectivity index (χ1) is 10.7. The highest BCUT2D eigenvalue weighted by Gasteiger charge is 2.51. The maximum atomic E-state index is 9.95. The van der Waals surface area contributed by atoms with Crippen molar-refractivity contribution in [3.8, 4) is 0 Å². The van der Waals surface area contributed by atoms with Gasteiger partial charge in [-0.15, -0.1) is 0 Å². The number of aliphatic hydroxyl groups excluding tert-OH is 10. The van der Waals surface area contributed by atoms with Crippen molar-refractivity contribution in [3.63, 3.8) is 0 Å². The van der Waals surface area contributed by atoms with Crippen molar-refractivity contribution >= 4 is 0 Å². The van der Waals surface area contributed by atoms with E-state index >= 15 is 0 Å². The van der Waals surface area contributed by atoms with Crippen LogP contribution in [-0.2, 0) is 4.74 Å². The number of aliphatic hydroxyl groups is 10. The highest BCUT2D eigenvalue weighted by atomic mass is 16.6. The van der Waals surface area contributed by atoms with Gasteiger partial charge in [0.15, 0.2) is 0 Å². The lowest BCUT2D eigenvalue weighted by Gasteiger charge is -2.31. The zero-order chi connectivity index (χ0) is 17.9. The number of hydrogen-bond acceptors (Lipinski definition) is 11. The topological polar surface area (TPSA) is 212 Å². The molecule has 23 heavy (non-hydrogen) atoms. The maximum absolute atomic E-state index is 9.95. The van der Waals surface area contributed by atoms with Crippen LogP contribution in [0.1, 0.15) is 0 Å². The van der Waals surface area contributed by atoms with E-state index in [1.54, 1.807) is 0 Å². The molecule has 10 atom stereocenters. The van der Waals surface area contributed by atoms with Gasteiger partial charge in [-0.25, -0.2) is 0 Å². The summed E-state index contributed by atoms with van der Waals surface area (Å²) in [5, 5.41) is 94.6. The largest absolute Gasteiger partial charge is 0.394 e. The highest BCUT2D eigenvalue weighted by Crippen LogP contribution is 2.28. The maximum Gasteiger partial charge on any atom is 0.115 e. The first kappa shape index (κ1) is 20.6. The molecule has 0 aliphatic carbocycles. The molecule has 0 saturated carbocycles. The molecule has 11 nitrogen and oxygen atoms in total. The average molecular weight is 344 g/mol. The molecule has 1 aliphatic heterocycles. The van der Waals surface area contributed by atoms with Crippen LogP contribution in [0.15, 0.2) is 0 Å². The third kappa shape index (κ3) is 4.35. The molecule has 0 spiro atoms. The van der Waals surface area contributed by atoms with E-state index in [1.807, 2.05) is 0 Å². The molecule has 1 heterocycles. The standard InChI is InChI=1S/C12H24O11/c13-1-3(15)5(17)6(18)7(19)8(20)12-10(22)9(21)11(23-12)4(16)2-14/h3-22H,1-2H2/t3-,4-,5-,6+,7+,8?,9-,10-,11-,12?/m1/s1. The molecule has 11 heteroatoms. The molecule has 138 valence electrons. The van der Waals surface area contributed by atoms with E-state index in [0.717, 1.165) is 0 Å². The predicted octanol–water partition coefficient (Wildman–Crippen LogP) is -6.37. The molecule has 0 bridgehead atoms. The molecule has 1 fully saturated rings. The van der Waals surface area contributed by atoms with E-state index < -0.39 is 74.3 Å². The summed E-state index contributed by atoms with van der Waals surface area (Å²) in [7, 11) is 0. The van der Waals surface area contributed by atoms with Crippen molar-refractivity contribution < 1.29 is 55.8 Å². The second-order valence-corrected chi connectivity index (χ2v) is 5.51. The molecule has 0 aromatic heterocycles. The molecule has 10 N–H and O–H groups in total. The zero-order valence-corrected chi connectivity index (χ0v) is 12.1.